The minimum Gasteiger partial charge on any atom is -0.433 e. The molecule has 160 valence electrons. The summed E-state index contributed by atoms with van der Waals surface area (Å²) in [6, 6.07) is 28.8. The second-order valence-electron chi connectivity index (χ2n) is 8.45. The molecule has 0 aromatic heterocycles. The molecule has 1 heterocycles. The number of alkyl halides is 2. The molecule has 0 spiro atoms. The standard InChI is InChI=1S/C26H26F2N2O/c27-26(28)31-24-14-8-7-13-23(24)29-17-21-22(18-29)25(21)30(15-19-9-3-1-4-10-19)16-20-11-5-2-6-12-20/h1-14,21-22,25-26H,15-18H2/t21-,22?,25?/m0/s1. The van der Waals surface area contributed by atoms with E-state index in [0.717, 1.165) is 31.9 Å². The lowest BCUT2D eigenvalue weighted by atomic mass is 10.1. The smallest absolute Gasteiger partial charge is 0.387 e. The van der Waals surface area contributed by atoms with Crippen LogP contribution >= 0.6 is 0 Å². The van der Waals surface area contributed by atoms with Crippen molar-refractivity contribution in [3.8, 4) is 5.75 Å². The third kappa shape index (κ3) is 4.42. The number of nitrogens with zero attached hydrogens (tertiary/aromatic N) is 2. The predicted octanol–water partition coefficient (Wildman–Crippen LogP) is 5.43. The third-order valence-electron chi connectivity index (χ3n) is 6.45. The van der Waals surface area contributed by atoms with Gasteiger partial charge in [0, 0.05) is 32.2 Å². The number of halogens is 2. The molecule has 5 rings (SSSR count). The molecule has 1 aliphatic carbocycles. The summed E-state index contributed by atoms with van der Waals surface area (Å²) in [7, 11) is 0. The monoisotopic (exact) mass is 420 g/mol. The zero-order chi connectivity index (χ0) is 21.2. The van der Waals surface area contributed by atoms with E-state index in [4.69, 9.17) is 4.74 Å². The maximum absolute atomic E-state index is 12.8. The van der Waals surface area contributed by atoms with Crippen LogP contribution in [0.1, 0.15) is 11.1 Å². The molecule has 1 aliphatic heterocycles. The Morgan fingerprint density at radius 3 is 1.84 bits per heavy atom. The van der Waals surface area contributed by atoms with Gasteiger partial charge in [-0.05, 0) is 35.1 Å². The molecule has 3 atom stereocenters. The Kier molecular flexibility index (Phi) is 5.60. The Morgan fingerprint density at radius 2 is 1.29 bits per heavy atom. The highest BCUT2D eigenvalue weighted by molar-refractivity contribution is 5.60. The Labute approximate surface area is 181 Å². The number of piperidine rings is 1. The first kappa shape index (κ1) is 20.0. The van der Waals surface area contributed by atoms with E-state index < -0.39 is 6.61 Å². The molecule has 0 bridgehead atoms. The van der Waals surface area contributed by atoms with E-state index in [1.165, 1.54) is 11.1 Å². The molecule has 2 fully saturated rings. The fourth-order valence-corrected chi connectivity index (χ4v) is 5.05. The second-order valence-corrected chi connectivity index (χ2v) is 8.45. The molecule has 1 saturated heterocycles. The number of ether oxygens (including phenoxy) is 1. The summed E-state index contributed by atoms with van der Waals surface area (Å²) in [5.41, 5.74) is 3.40. The summed E-state index contributed by atoms with van der Waals surface area (Å²) in [6.45, 7) is 0.771. The van der Waals surface area contributed by atoms with E-state index in [-0.39, 0.29) is 5.75 Å². The van der Waals surface area contributed by atoms with Gasteiger partial charge in [0.1, 0.15) is 5.75 Å². The van der Waals surface area contributed by atoms with E-state index >= 15 is 0 Å². The van der Waals surface area contributed by atoms with Gasteiger partial charge in [0.15, 0.2) is 0 Å². The highest BCUT2D eigenvalue weighted by Gasteiger charge is 2.58. The Hall–Kier alpha value is -2.92. The summed E-state index contributed by atoms with van der Waals surface area (Å²) in [6.07, 6.45) is 0. The minimum absolute atomic E-state index is 0.265. The van der Waals surface area contributed by atoms with E-state index in [9.17, 15) is 8.78 Å². The van der Waals surface area contributed by atoms with Crippen LogP contribution in [0.5, 0.6) is 5.75 Å². The van der Waals surface area contributed by atoms with E-state index in [1.54, 1.807) is 12.1 Å². The van der Waals surface area contributed by atoms with E-state index in [2.05, 4.69) is 58.3 Å². The van der Waals surface area contributed by atoms with Crippen molar-refractivity contribution >= 4 is 5.69 Å². The van der Waals surface area contributed by atoms with Gasteiger partial charge in [0.25, 0.3) is 0 Å². The van der Waals surface area contributed by atoms with Gasteiger partial charge in [-0.1, -0.05) is 72.8 Å². The zero-order valence-corrected chi connectivity index (χ0v) is 17.3. The first-order valence-electron chi connectivity index (χ1n) is 10.8. The quantitative estimate of drug-likeness (QED) is 0.484. The van der Waals surface area contributed by atoms with Crippen LogP contribution in [0.2, 0.25) is 0 Å². The normalized spacial score (nSPS) is 22.1. The maximum Gasteiger partial charge on any atom is 0.387 e. The number of para-hydroxylation sites is 2. The molecule has 0 radical (unpaired) electrons. The number of benzene rings is 3. The highest BCUT2D eigenvalue weighted by atomic mass is 19.3. The largest absolute Gasteiger partial charge is 0.433 e. The lowest BCUT2D eigenvalue weighted by Gasteiger charge is -2.29. The second kappa shape index (κ2) is 8.67. The first-order chi connectivity index (χ1) is 15.2. The van der Waals surface area contributed by atoms with Gasteiger partial charge >= 0.3 is 6.61 Å². The minimum atomic E-state index is -2.81. The highest BCUT2D eigenvalue weighted by Crippen LogP contribution is 2.51. The Bertz CT molecular complexity index is 945. The van der Waals surface area contributed by atoms with Crippen molar-refractivity contribution in [3.05, 3.63) is 96.1 Å². The van der Waals surface area contributed by atoms with Gasteiger partial charge in [0.05, 0.1) is 5.69 Å². The Balaban J connectivity index is 1.30. The van der Waals surface area contributed by atoms with Crippen LogP contribution in [-0.4, -0.2) is 30.6 Å². The summed E-state index contributed by atoms with van der Waals surface area (Å²) < 4.78 is 30.4. The Morgan fingerprint density at radius 1 is 0.774 bits per heavy atom. The van der Waals surface area contributed by atoms with Crippen molar-refractivity contribution in [1.29, 1.82) is 0 Å². The van der Waals surface area contributed by atoms with Gasteiger partial charge in [-0.25, -0.2) is 0 Å². The van der Waals surface area contributed by atoms with Crippen molar-refractivity contribution in [1.82, 2.24) is 4.90 Å². The van der Waals surface area contributed by atoms with Crippen molar-refractivity contribution in [2.24, 2.45) is 11.8 Å². The molecule has 0 amide bonds. The first-order valence-corrected chi connectivity index (χ1v) is 10.8. The van der Waals surface area contributed by atoms with Crippen molar-refractivity contribution in [2.45, 2.75) is 25.7 Å². The van der Waals surface area contributed by atoms with Gasteiger partial charge in [0.2, 0.25) is 0 Å². The number of fused-ring (bicyclic) bond motifs is 1. The predicted molar refractivity (Wildman–Crippen MR) is 118 cm³/mol. The molecule has 5 heteroatoms. The van der Waals surface area contributed by atoms with Crippen LogP contribution in [0.15, 0.2) is 84.9 Å². The topological polar surface area (TPSA) is 15.7 Å². The van der Waals surface area contributed by atoms with Crippen LogP contribution < -0.4 is 9.64 Å². The number of anilines is 1. The number of hydrogen-bond acceptors (Lipinski definition) is 3. The van der Waals surface area contributed by atoms with Crippen molar-refractivity contribution in [2.75, 3.05) is 18.0 Å². The molecule has 2 aliphatic rings. The molecule has 1 saturated carbocycles. The lowest BCUT2D eigenvalue weighted by molar-refractivity contribution is -0.0495. The summed E-state index contributed by atoms with van der Waals surface area (Å²) in [5, 5.41) is 0. The molecule has 2 unspecified atom stereocenters. The molecule has 3 aromatic rings. The van der Waals surface area contributed by atoms with E-state index in [1.807, 2.05) is 24.3 Å². The number of hydrogen-bond donors (Lipinski definition) is 0. The summed E-state index contributed by atoms with van der Waals surface area (Å²) in [5.74, 6) is 1.36. The van der Waals surface area contributed by atoms with Gasteiger partial charge in [-0.15, -0.1) is 0 Å². The molecule has 0 N–H and O–H groups in total. The van der Waals surface area contributed by atoms with Crippen LogP contribution in [-0.2, 0) is 13.1 Å². The molecular weight excluding hydrogens is 394 g/mol. The fraction of sp³-hybridized carbons (Fsp3) is 0.308. The van der Waals surface area contributed by atoms with Crippen molar-refractivity contribution < 1.29 is 13.5 Å². The number of rotatable bonds is 8. The average molecular weight is 421 g/mol. The van der Waals surface area contributed by atoms with Crippen LogP contribution in [0.25, 0.3) is 0 Å². The molecular formula is C26H26F2N2O. The van der Waals surface area contributed by atoms with Crippen molar-refractivity contribution in [3.63, 3.8) is 0 Å². The molecule has 3 nitrogen and oxygen atoms in total. The fourth-order valence-electron chi connectivity index (χ4n) is 5.05. The zero-order valence-electron chi connectivity index (χ0n) is 17.3. The third-order valence-corrected chi connectivity index (χ3v) is 6.45. The molecule has 31 heavy (non-hydrogen) atoms. The molecule has 3 aromatic carbocycles. The van der Waals surface area contributed by atoms with Crippen LogP contribution in [0, 0.1) is 11.8 Å². The average Bonchev–Trinajstić information content (AvgIpc) is 3.28. The van der Waals surface area contributed by atoms with Crippen LogP contribution in [0.4, 0.5) is 14.5 Å². The SMILES string of the molecule is FC(F)Oc1ccccc1N1CC2C(N(Cc3ccccc3)Cc3ccccc3)[C@H]2C1. The van der Waals surface area contributed by atoms with Crippen LogP contribution in [0.3, 0.4) is 0 Å². The lowest BCUT2D eigenvalue weighted by Crippen LogP contribution is -2.34. The summed E-state index contributed by atoms with van der Waals surface area (Å²) in [4.78, 5) is 4.78. The van der Waals surface area contributed by atoms with Gasteiger partial charge in [-0.3, -0.25) is 4.90 Å². The van der Waals surface area contributed by atoms with E-state index in [0.29, 0.717) is 17.9 Å². The van der Waals surface area contributed by atoms with Gasteiger partial charge < -0.3 is 9.64 Å². The van der Waals surface area contributed by atoms with Gasteiger partial charge in [-0.2, -0.15) is 8.78 Å². The maximum atomic E-state index is 12.8. The summed E-state index contributed by atoms with van der Waals surface area (Å²) >= 11 is 0.